The van der Waals surface area contributed by atoms with Crippen molar-refractivity contribution in [2.24, 2.45) is 0 Å². The Morgan fingerprint density at radius 1 is 0.964 bits per heavy atom. The number of carbonyl (C=O) groups is 1. The van der Waals surface area contributed by atoms with E-state index in [1.54, 1.807) is 35.6 Å². The van der Waals surface area contributed by atoms with Gasteiger partial charge in [-0.05, 0) is 58.3 Å². The molecule has 146 valence electrons. The predicted molar refractivity (Wildman–Crippen MR) is 114 cm³/mol. The molecule has 0 unspecified atom stereocenters. The van der Waals surface area contributed by atoms with Crippen LogP contribution < -0.4 is 15.4 Å². The van der Waals surface area contributed by atoms with Gasteiger partial charge in [0.2, 0.25) is 10.0 Å². The van der Waals surface area contributed by atoms with Crippen LogP contribution in [-0.4, -0.2) is 20.6 Å². The molecular formula is C20H21N3O3S2. The zero-order chi connectivity index (χ0) is 20.0. The lowest BCUT2D eigenvalue weighted by Crippen LogP contribution is -2.17. The van der Waals surface area contributed by atoms with Gasteiger partial charge >= 0.3 is 0 Å². The number of anilines is 2. The molecule has 0 aliphatic rings. The molecular weight excluding hydrogens is 394 g/mol. The average molecular weight is 416 g/mol. The van der Waals surface area contributed by atoms with Crippen LogP contribution in [0.4, 0.5) is 11.4 Å². The third kappa shape index (κ3) is 6.19. The number of hydrogen-bond acceptors (Lipinski definition) is 5. The highest BCUT2D eigenvalue weighted by atomic mass is 32.2. The molecule has 0 atom stereocenters. The van der Waals surface area contributed by atoms with Gasteiger partial charge in [-0.15, -0.1) is 0 Å². The van der Waals surface area contributed by atoms with E-state index in [-0.39, 0.29) is 5.91 Å². The minimum atomic E-state index is -3.45. The SMILES string of the molecule is CS(=O)(=O)Nc1cc(CNCc2ccsc2)cc(C(=O)Nc2ccccc2)c1. The fourth-order valence-electron chi connectivity index (χ4n) is 2.67. The molecule has 0 aliphatic heterocycles. The maximum Gasteiger partial charge on any atom is 0.255 e. The van der Waals surface area contributed by atoms with Crippen LogP contribution in [0.2, 0.25) is 0 Å². The normalized spacial score (nSPS) is 11.2. The van der Waals surface area contributed by atoms with Crippen molar-refractivity contribution in [1.82, 2.24) is 5.32 Å². The van der Waals surface area contributed by atoms with E-state index in [4.69, 9.17) is 0 Å². The molecule has 3 rings (SSSR count). The topological polar surface area (TPSA) is 87.3 Å². The average Bonchev–Trinajstić information content (AvgIpc) is 3.14. The van der Waals surface area contributed by atoms with Gasteiger partial charge in [0, 0.05) is 30.0 Å². The zero-order valence-corrected chi connectivity index (χ0v) is 16.9. The van der Waals surface area contributed by atoms with E-state index >= 15 is 0 Å². The summed E-state index contributed by atoms with van der Waals surface area (Å²) in [7, 11) is -3.45. The summed E-state index contributed by atoms with van der Waals surface area (Å²) in [6, 6.07) is 16.2. The number of benzene rings is 2. The van der Waals surface area contributed by atoms with E-state index in [1.807, 2.05) is 29.6 Å². The molecule has 0 aliphatic carbocycles. The van der Waals surface area contributed by atoms with Gasteiger partial charge in [0.05, 0.1) is 6.26 Å². The van der Waals surface area contributed by atoms with E-state index in [9.17, 15) is 13.2 Å². The number of sulfonamides is 1. The molecule has 1 aromatic heterocycles. The van der Waals surface area contributed by atoms with E-state index in [0.29, 0.717) is 30.0 Å². The second-order valence-electron chi connectivity index (χ2n) is 6.35. The molecule has 1 amide bonds. The first-order chi connectivity index (χ1) is 13.4. The van der Waals surface area contributed by atoms with E-state index in [1.165, 1.54) is 11.6 Å². The third-order valence-electron chi connectivity index (χ3n) is 3.83. The van der Waals surface area contributed by atoms with Crippen LogP contribution in [0.1, 0.15) is 21.5 Å². The summed E-state index contributed by atoms with van der Waals surface area (Å²) in [4.78, 5) is 12.6. The second kappa shape index (κ2) is 9.01. The fourth-order valence-corrected chi connectivity index (χ4v) is 3.88. The van der Waals surface area contributed by atoms with Crippen LogP contribution in [0.25, 0.3) is 0 Å². The van der Waals surface area contributed by atoms with Gasteiger partial charge in [-0.2, -0.15) is 11.3 Å². The van der Waals surface area contributed by atoms with Gasteiger partial charge in [-0.3, -0.25) is 9.52 Å². The Balaban J connectivity index is 1.78. The first-order valence-corrected chi connectivity index (χ1v) is 11.4. The Labute approximate surface area is 168 Å². The lowest BCUT2D eigenvalue weighted by atomic mass is 10.1. The first kappa shape index (κ1) is 20.1. The highest BCUT2D eigenvalue weighted by molar-refractivity contribution is 7.92. The summed E-state index contributed by atoms with van der Waals surface area (Å²) in [6.45, 7) is 1.19. The zero-order valence-electron chi connectivity index (χ0n) is 15.3. The summed E-state index contributed by atoms with van der Waals surface area (Å²) in [5, 5.41) is 10.2. The molecule has 0 saturated heterocycles. The van der Waals surface area contributed by atoms with Crippen LogP contribution in [-0.2, 0) is 23.1 Å². The van der Waals surface area contributed by atoms with E-state index < -0.39 is 10.0 Å². The quantitative estimate of drug-likeness (QED) is 0.524. The number of para-hydroxylation sites is 1. The van der Waals surface area contributed by atoms with Crippen LogP contribution in [0.15, 0.2) is 65.4 Å². The molecule has 0 bridgehead atoms. The van der Waals surface area contributed by atoms with Crippen LogP contribution in [0, 0.1) is 0 Å². The van der Waals surface area contributed by atoms with Gasteiger partial charge in [0.25, 0.3) is 5.91 Å². The minimum Gasteiger partial charge on any atom is -0.322 e. The van der Waals surface area contributed by atoms with E-state index in [2.05, 4.69) is 20.7 Å². The number of thiophene rings is 1. The number of rotatable bonds is 8. The Bertz CT molecular complexity index is 1030. The largest absolute Gasteiger partial charge is 0.322 e. The molecule has 2 aromatic carbocycles. The summed E-state index contributed by atoms with van der Waals surface area (Å²) in [6.07, 6.45) is 1.08. The lowest BCUT2D eigenvalue weighted by Gasteiger charge is -2.12. The summed E-state index contributed by atoms with van der Waals surface area (Å²) >= 11 is 1.63. The van der Waals surface area contributed by atoms with Crippen molar-refractivity contribution in [3.05, 3.63) is 82.0 Å². The molecule has 0 saturated carbocycles. The minimum absolute atomic E-state index is 0.303. The fraction of sp³-hybridized carbons (Fsp3) is 0.150. The molecule has 1 heterocycles. The first-order valence-electron chi connectivity index (χ1n) is 8.59. The van der Waals surface area contributed by atoms with Crippen molar-refractivity contribution in [2.75, 3.05) is 16.3 Å². The molecule has 3 N–H and O–H groups in total. The molecule has 28 heavy (non-hydrogen) atoms. The van der Waals surface area contributed by atoms with Gasteiger partial charge in [0.15, 0.2) is 0 Å². The van der Waals surface area contributed by atoms with Gasteiger partial charge in [-0.25, -0.2) is 8.42 Å². The maximum atomic E-state index is 12.6. The molecule has 6 nitrogen and oxygen atoms in total. The molecule has 3 aromatic rings. The molecule has 0 spiro atoms. The number of nitrogens with one attached hydrogen (secondary N) is 3. The van der Waals surface area contributed by atoms with Gasteiger partial charge in [0.1, 0.15) is 0 Å². The van der Waals surface area contributed by atoms with E-state index in [0.717, 1.165) is 11.8 Å². The monoisotopic (exact) mass is 415 g/mol. The standard InChI is InChI=1S/C20H21N3O3S2/c1-28(25,26)23-19-10-16(13-21-12-15-7-8-27-14-15)9-17(11-19)20(24)22-18-5-3-2-4-6-18/h2-11,14,21,23H,12-13H2,1H3,(H,22,24). The molecule has 8 heteroatoms. The van der Waals surface area contributed by atoms with Crippen LogP contribution >= 0.6 is 11.3 Å². The molecule has 0 fully saturated rings. The van der Waals surface area contributed by atoms with Crippen molar-refractivity contribution in [3.63, 3.8) is 0 Å². The third-order valence-corrected chi connectivity index (χ3v) is 5.17. The molecule has 0 radical (unpaired) electrons. The van der Waals surface area contributed by atoms with Crippen molar-refractivity contribution in [2.45, 2.75) is 13.1 Å². The van der Waals surface area contributed by atoms with Crippen molar-refractivity contribution in [3.8, 4) is 0 Å². The Morgan fingerprint density at radius 3 is 2.39 bits per heavy atom. The number of amides is 1. The van der Waals surface area contributed by atoms with Crippen LogP contribution in [0.5, 0.6) is 0 Å². The maximum absolute atomic E-state index is 12.6. The second-order valence-corrected chi connectivity index (χ2v) is 8.88. The summed E-state index contributed by atoms with van der Waals surface area (Å²) in [5.74, 6) is -0.303. The smallest absolute Gasteiger partial charge is 0.255 e. The summed E-state index contributed by atoms with van der Waals surface area (Å²) in [5.41, 5.74) is 3.39. The summed E-state index contributed by atoms with van der Waals surface area (Å²) < 4.78 is 25.7. The number of carbonyl (C=O) groups excluding carboxylic acids is 1. The highest BCUT2D eigenvalue weighted by Gasteiger charge is 2.11. The van der Waals surface area contributed by atoms with Crippen molar-refractivity contribution in [1.29, 1.82) is 0 Å². The number of hydrogen-bond donors (Lipinski definition) is 3. The van der Waals surface area contributed by atoms with Crippen molar-refractivity contribution >= 4 is 38.6 Å². The lowest BCUT2D eigenvalue weighted by molar-refractivity contribution is 0.102. The Kier molecular flexibility index (Phi) is 6.45. The highest BCUT2D eigenvalue weighted by Crippen LogP contribution is 2.18. The Morgan fingerprint density at radius 2 is 1.71 bits per heavy atom. The predicted octanol–water partition coefficient (Wildman–Crippen LogP) is 3.66. The van der Waals surface area contributed by atoms with Gasteiger partial charge in [-0.1, -0.05) is 18.2 Å². The van der Waals surface area contributed by atoms with Crippen LogP contribution in [0.3, 0.4) is 0 Å². The van der Waals surface area contributed by atoms with Crippen molar-refractivity contribution < 1.29 is 13.2 Å². The Hall–Kier alpha value is -2.68. The van der Waals surface area contributed by atoms with Gasteiger partial charge < -0.3 is 10.6 Å².